The number of nitrogens with two attached hydrogens (primary N) is 1. The predicted molar refractivity (Wildman–Crippen MR) is 76.5 cm³/mol. The molecular weight excluding hydrogens is 274 g/mol. The number of hydrogen-bond donors (Lipinski definition) is 2. The summed E-state index contributed by atoms with van der Waals surface area (Å²) >= 11 is 1.36. The van der Waals surface area contributed by atoms with Crippen LogP contribution in [0.3, 0.4) is 0 Å². The van der Waals surface area contributed by atoms with Crippen molar-refractivity contribution in [2.45, 2.75) is 31.0 Å². The molecule has 0 fully saturated rings. The number of aromatic nitrogens is 6. The van der Waals surface area contributed by atoms with Crippen molar-refractivity contribution in [2.75, 3.05) is 5.73 Å². The Labute approximate surface area is 119 Å². The van der Waals surface area contributed by atoms with Gasteiger partial charge in [-0.3, -0.25) is 5.10 Å². The van der Waals surface area contributed by atoms with Crippen LogP contribution in [0.5, 0.6) is 0 Å². The average Bonchev–Trinajstić information content (AvgIpc) is 2.84. The van der Waals surface area contributed by atoms with Gasteiger partial charge >= 0.3 is 0 Å². The molecule has 3 heterocycles. The molecule has 0 aliphatic rings. The number of nitrogens with one attached hydrogen (secondary N) is 1. The van der Waals surface area contributed by atoms with Crippen molar-refractivity contribution in [3.8, 4) is 0 Å². The van der Waals surface area contributed by atoms with Crippen LogP contribution in [0.25, 0.3) is 11.0 Å². The largest absolute Gasteiger partial charge is 0.368 e. The topological polar surface area (TPSA) is 106 Å². The molecule has 3 aromatic heterocycles. The number of nitrogens with zero attached hydrogens (tertiary/aromatic N) is 5. The Kier molecular flexibility index (Phi) is 3.01. The number of hydrogen-bond acceptors (Lipinski definition) is 7. The molecule has 7 nitrogen and oxygen atoms in total. The van der Waals surface area contributed by atoms with Crippen molar-refractivity contribution in [3.63, 3.8) is 0 Å². The second-order valence-corrected chi connectivity index (χ2v) is 5.38. The Morgan fingerprint density at radius 3 is 2.45 bits per heavy atom. The summed E-state index contributed by atoms with van der Waals surface area (Å²) in [5.41, 5.74) is 9.34. The number of rotatable bonds is 2. The van der Waals surface area contributed by atoms with Crippen molar-refractivity contribution in [2.24, 2.45) is 0 Å². The molecule has 8 heteroatoms. The van der Waals surface area contributed by atoms with Crippen LogP contribution in [-0.2, 0) is 0 Å². The van der Waals surface area contributed by atoms with Gasteiger partial charge in [0.15, 0.2) is 10.8 Å². The second-order valence-electron chi connectivity index (χ2n) is 4.42. The van der Waals surface area contributed by atoms with E-state index in [4.69, 9.17) is 5.73 Å². The van der Waals surface area contributed by atoms with E-state index >= 15 is 0 Å². The van der Waals surface area contributed by atoms with Gasteiger partial charge < -0.3 is 5.73 Å². The Hall–Kier alpha value is -2.22. The normalized spacial score (nSPS) is 11.2. The predicted octanol–water partition coefficient (Wildman–Crippen LogP) is 1.80. The first-order valence-corrected chi connectivity index (χ1v) is 6.82. The first-order chi connectivity index (χ1) is 9.54. The van der Waals surface area contributed by atoms with Crippen molar-refractivity contribution in [3.05, 3.63) is 23.1 Å². The fraction of sp³-hybridized carbons (Fsp3) is 0.250. The third-order valence-corrected chi connectivity index (χ3v) is 3.96. The van der Waals surface area contributed by atoms with Gasteiger partial charge in [0.2, 0.25) is 5.95 Å². The Morgan fingerprint density at radius 1 is 1.05 bits per heavy atom. The summed E-state index contributed by atoms with van der Waals surface area (Å²) < 4.78 is 0. The molecular formula is C12H13N7S. The molecule has 0 saturated heterocycles. The van der Waals surface area contributed by atoms with Crippen LogP contribution in [0, 0.1) is 20.8 Å². The van der Waals surface area contributed by atoms with Gasteiger partial charge in [0.1, 0.15) is 5.03 Å². The van der Waals surface area contributed by atoms with Crippen LogP contribution >= 0.6 is 11.8 Å². The molecule has 0 radical (unpaired) electrons. The van der Waals surface area contributed by atoms with E-state index in [1.807, 2.05) is 20.8 Å². The minimum atomic E-state index is 0.199. The maximum Gasteiger partial charge on any atom is 0.223 e. The summed E-state index contributed by atoms with van der Waals surface area (Å²) in [6.45, 7) is 5.95. The number of H-pyrrole nitrogens is 1. The molecule has 102 valence electrons. The molecule has 0 aliphatic carbocycles. The van der Waals surface area contributed by atoms with E-state index in [-0.39, 0.29) is 5.95 Å². The first-order valence-electron chi connectivity index (χ1n) is 6.01. The lowest BCUT2D eigenvalue weighted by Gasteiger charge is -2.07. The molecule has 0 aromatic carbocycles. The highest BCUT2D eigenvalue weighted by atomic mass is 32.2. The summed E-state index contributed by atoms with van der Waals surface area (Å²) in [5, 5.41) is 8.89. The lowest BCUT2D eigenvalue weighted by atomic mass is 10.2. The molecule has 3 aromatic rings. The maximum atomic E-state index is 5.70. The van der Waals surface area contributed by atoms with Gasteiger partial charge in [-0.15, -0.1) is 0 Å². The fourth-order valence-electron chi connectivity index (χ4n) is 1.78. The molecule has 3 N–H and O–H groups in total. The number of fused-ring (bicyclic) bond motifs is 1. The van der Waals surface area contributed by atoms with Gasteiger partial charge in [0.25, 0.3) is 0 Å². The zero-order valence-corrected chi connectivity index (χ0v) is 12.1. The number of anilines is 1. The Bertz CT molecular complexity index is 773. The molecule has 0 unspecified atom stereocenters. The van der Waals surface area contributed by atoms with E-state index < -0.39 is 0 Å². The second kappa shape index (κ2) is 4.71. The highest BCUT2D eigenvalue weighted by Crippen LogP contribution is 2.29. The van der Waals surface area contributed by atoms with Gasteiger partial charge in [0, 0.05) is 11.4 Å². The molecule has 0 aliphatic heterocycles. The van der Waals surface area contributed by atoms with Crippen molar-refractivity contribution >= 4 is 28.7 Å². The van der Waals surface area contributed by atoms with E-state index in [0.717, 1.165) is 22.3 Å². The molecule has 20 heavy (non-hydrogen) atoms. The van der Waals surface area contributed by atoms with Crippen molar-refractivity contribution in [1.82, 2.24) is 30.1 Å². The van der Waals surface area contributed by atoms with Crippen LogP contribution in [-0.4, -0.2) is 30.1 Å². The molecule has 3 rings (SSSR count). The Balaban J connectivity index is 2.07. The molecule has 0 amide bonds. The zero-order chi connectivity index (χ0) is 14.3. The highest BCUT2D eigenvalue weighted by Gasteiger charge is 2.12. The summed E-state index contributed by atoms with van der Waals surface area (Å²) in [4.78, 5) is 17.3. The van der Waals surface area contributed by atoms with Crippen LogP contribution in [0.1, 0.15) is 17.0 Å². The van der Waals surface area contributed by atoms with Gasteiger partial charge in [-0.05, 0) is 38.1 Å². The smallest absolute Gasteiger partial charge is 0.223 e. The van der Waals surface area contributed by atoms with Crippen molar-refractivity contribution in [1.29, 1.82) is 0 Å². The van der Waals surface area contributed by atoms with Gasteiger partial charge in [-0.1, -0.05) is 0 Å². The monoisotopic (exact) mass is 287 g/mol. The minimum absolute atomic E-state index is 0.199. The fourth-order valence-corrected chi connectivity index (χ4v) is 2.71. The summed E-state index contributed by atoms with van der Waals surface area (Å²) in [6.07, 6.45) is 1.67. The quantitative estimate of drug-likeness (QED) is 0.546. The van der Waals surface area contributed by atoms with E-state index in [2.05, 4.69) is 30.1 Å². The van der Waals surface area contributed by atoms with E-state index in [0.29, 0.717) is 15.8 Å². The molecule has 0 spiro atoms. The molecule has 0 saturated carbocycles. The summed E-state index contributed by atoms with van der Waals surface area (Å²) in [7, 11) is 0. The third kappa shape index (κ3) is 2.18. The maximum absolute atomic E-state index is 5.70. The zero-order valence-electron chi connectivity index (χ0n) is 11.3. The minimum Gasteiger partial charge on any atom is -0.368 e. The lowest BCUT2D eigenvalue weighted by Crippen LogP contribution is -2.00. The van der Waals surface area contributed by atoms with Crippen LogP contribution < -0.4 is 5.73 Å². The van der Waals surface area contributed by atoms with E-state index in [1.165, 1.54) is 11.8 Å². The SMILES string of the molecule is Cc1nc(Sc2nc(N)nc3[nH]ncc23)nc(C)c1C. The van der Waals surface area contributed by atoms with E-state index in [9.17, 15) is 0 Å². The van der Waals surface area contributed by atoms with E-state index in [1.54, 1.807) is 6.20 Å². The molecule has 0 atom stereocenters. The Morgan fingerprint density at radius 2 is 1.75 bits per heavy atom. The third-order valence-electron chi connectivity index (χ3n) is 3.09. The highest BCUT2D eigenvalue weighted by molar-refractivity contribution is 7.99. The lowest BCUT2D eigenvalue weighted by molar-refractivity contribution is 0.879. The molecule has 0 bridgehead atoms. The number of aromatic amines is 1. The van der Waals surface area contributed by atoms with Gasteiger partial charge in [0.05, 0.1) is 11.6 Å². The number of aryl methyl sites for hydroxylation is 2. The summed E-state index contributed by atoms with van der Waals surface area (Å²) in [5.74, 6) is 0.199. The van der Waals surface area contributed by atoms with Gasteiger partial charge in [-0.2, -0.15) is 10.1 Å². The van der Waals surface area contributed by atoms with Crippen LogP contribution in [0.4, 0.5) is 5.95 Å². The average molecular weight is 287 g/mol. The standard InChI is InChI=1S/C12H13N7S/c1-5-6(2)15-12(16-7(5)3)20-10-8-4-14-19-9(8)17-11(13)18-10/h4H,1-3H3,(H3,13,14,17,18,19). The van der Waals surface area contributed by atoms with Crippen LogP contribution in [0.2, 0.25) is 0 Å². The first kappa shape index (κ1) is 12.8. The van der Waals surface area contributed by atoms with Crippen molar-refractivity contribution < 1.29 is 0 Å². The summed E-state index contributed by atoms with van der Waals surface area (Å²) in [6, 6.07) is 0. The van der Waals surface area contributed by atoms with Gasteiger partial charge in [-0.25, -0.2) is 15.0 Å². The van der Waals surface area contributed by atoms with Crippen LogP contribution in [0.15, 0.2) is 16.4 Å². The number of nitrogen functional groups attached to an aromatic ring is 1.